The average Bonchev–Trinajstić information content (AvgIpc) is 3.04. The number of aromatic nitrogens is 5. The summed E-state index contributed by atoms with van der Waals surface area (Å²) in [4.78, 5) is 12.7. The van der Waals surface area contributed by atoms with Crippen LogP contribution in [0.25, 0.3) is 17.0 Å². The molecule has 106 valence electrons. The maximum Gasteiger partial charge on any atom is 0.222 e. The molecular formula is C16H11N5O. The van der Waals surface area contributed by atoms with Crippen LogP contribution in [-0.2, 0) is 0 Å². The Morgan fingerprint density at radius 2 is 1.77 bits per heavy atom. The molecule has 0 atom stereocenters. The van der Waals surface area contributed by atoms with E-state index in [9.17, 15) is 0 Å². The number of benzene rings is 1. The highest BCUT2D eigenvalue weighted by molar-refractivity contribution is 5.59. The number of rotatable bonds is 3. The van der Waals surface area contributed by atoms with Crippen molar-refractivity contribution >= 4 is 5.65 Å². The van der Waals surface area contributed by atoms with Crippen molar-refractivity contribution in [3.8, 4) is 23.0 Å². The van der Waals surface area contributed by atoms with Crippen molar-refractivity contribution in [3.63, 3.8) is 0 Å². The van der Waals surface area contributed by atoms with E-state index in [4.69, 9.17) is 4.74 Å². The first-order valence-electron chi connectivity index (χ1n) is 6.74. The van der Waals surface area contributed by atoms with Gasteiger partial charge in [-0.05, 0) is 18.2 Å². The third-order valence-electron chi connectivity index (χ3n) is 3.16. The van der Waals surface area contributed by atoms with Gasteiger partial charge in [-0.25, -0.2) is 19.5 Å². The van der Waals surface area contributed by atoms with Gasteiger partial charge in [-0.1, -0.05) is 18.2 Å². The van der Waals surface area contributed by atoms with Crippen molar-refractivity contribution in [2.45, 2.75) is 0 Å². The molecule has 0 fully saturated rings. The Morgan fingerprint density at radius 3 is 2.68 bits per heavy atom. The third kappa shape index (κ3) is 2.26. The van der Waals surface area contributed by atoms with Gasteiger partial charge in [0.2, 0.25) is 5.88 Å². The van der Waals surface area contributed by atoms with Crippen LogP contribution in [0.2, 0.25) is 0 Å². The Bertz CT molecular complexity index is 920. The van der Waals surface area contributed by atoms with Crippen LogP contribution in [0.4, 0.5) is 0 Å². The molecule has 3 aromatic heterocycles. The number of nitrogens with zero attached hydrogens (tertiary/aromatic N) is 5. The number of hydrogen-bond acceptors (Lipinski definition) is 5. The summed E-state index contributed by atoms with van der Waals surface area (Å²) in [5, 5.41) is 4.26. The lowest BCUT2D eigenvalue weighted by Crippen LogP contribution is -1.98. The van der Waals surface area contributed by atoms with Crippen molar-refractivity contribution in [1.82, 2.24) is 24.6 Å². The summed E-state index contributed by atoms with van der Waals surface area (Å²) in [5.41, 5.74) is 2.31. The topological polar surface area (TPSA) is 65.2 Å². The smallest absolute Gasteiger partial charge is 0.222 e. The zero-order chi connectivity index (χ0) is 14.8. The van der Waals surface area contributed by atoms with Gasteiger partial charge in [0.05, 0.1) is 17.6 Å². The second-order valence-electron chi connectivity index (χ2n) is 4.59. The Hall–Kier alpha value is -3.28. The predicted molar refractivity (Wildman–Crippen MR) is 80.5 cm³/mol. The van der Waals surface area contributed by atoms with Gasteiger partial charge in [0.25, 0.3) is 0 Å². The molecule has 0 N–H and O–H groups in total. The zero-order valence-corrected chi connectivity index (χ0v) is 11.5. The summed E-state index contributed by atoms with van der Waals surface area (Å²) in [6, 6.07) is 15.0. The quantitative estimate of drug-likeness (QED) is 0.580. The second kappa shape index (κ2) is 5.25. The molecule has 0 spiro atoms. The molecule has 4 rings (SSSR count). The van der Waals surface area contributed by atoms with Gasteiger partial charge in [0.1, 0.15) is 12.1 Å². The van der Waals surface area contributed by atoms with Gasteiger partial charge in [0.15, 0.2) is 5.65 Å². The minimum absolute atomic E-state index is 0.480. The molecule has 0 aliphatic heterocycles. The van der Waals surface area contributed by atoms with Crippen LogP contribution in [0.1, 0.15) is 0 Å². The lowest BCUT2D eigenvalue weighted by atomic mass is 10.3. The van der Waals surface area contributed by atoms with Crippen LogP contribution >= 0.6 is 0 Å². The number of para-hydroxylation sites is 1. The van der Waals surface area contributed by atoms with E-state index in [0.717, 1.165) is 22.8 Å². The first-order chi connectivity index (χ1) is 10.9. The van der Waals surface area contributed by atoms with E-state index in [1.54, 1.807) is 23.0 Å². The minimum Gasteiger partial charge on any atom is -0.439 e. The molecule has 1 aromatic carbocycles. The fourth-order valence-electron chi connectivity index (χ4n) is 2.17. The largest absolute Gasteiger partial charge is 0.439 e. The van der Waals surface area contributed by atoms with Crippen LogP contribution < -0.4 is 4.74 Å². The summed E-state index contributed by atoms with van der Waals surface area (Å²) in [6.07, 6.45) is 4.91. The van der Waals surface area contributed by atoms with E-state index in [2.05, 4.69) is 20.1 Å². The molecule has 0 saturated heterocycles. The number of hydrogen-bond donors (Lipinski definition) is 0. The standard InChI is InChI=1S/C16H11N5O/c1-2-4-12(5-3-1)22-16-10-13(18-11-19-16)14-6-8-17-15-7-9-20-21(14)15/h1-11H. The van der Waals surface area contributed by atoms with Gasteiger partial charge < -0.3 is 4.74 Å². The van der Waals surface area contributed by atoms with Crippen LogP contribution in [-0.4, -0.2) is 24.6 Å². The molecular weight excluding hydrogens is 278 g/mol. The number of fused-ring (bicyclic) bond motifs is 1. The Kier molecular flexibility index (Phi) is 2.97. The van der Waals surface area contributed by atoms with Gasteiger partial charge in [-0.2, -0.15) is 5.10 Å². The lowest BCUT2D eigenvalue weighted by molar-refractivity contribution is 0.462. The van der Waals surface area contributed by atoms with Gasteiger partial charge in [0, 0.05) is 18.3 Å². The van der Waals surface area contributed by atoms with Crippen LogP contribution in [0.5, 0.6) is 11.6 Å². The highest BCUT2D eigenvalue weighted by Crippen LogP contribution is 2.23. The van der Waals surface area contributed by atoms with Crippen LogP contribution in [0, 0.1) is 0 Å². The monoisotopic (exact) mass is 289 g/mol. The van der Waals surface area contributed by atoms with E-state index in [1.165, 1.54) is 6.33 Å². The first kappa shape index (κ1) is 12.5. The van der Waals surface area contributed by atoms with Gasteiger partial charge in [-0.3, -0.25) is 0 Å². The summed E-state index contributed by atoms with van der Waals surface area (Å²) < 4.78 is 7.47. The van der Waals surface area contributed by atoms with Gasteiger partial charge >= 0.3 is 0 Å². The zero-order valence-electron chi connectivity index (χ0n) is 11.5. The fraction of sp³-hybridized carbons (Fsp3) is 0. The van der Waals surface area contributed by atoms with Crippen LogP contribution in [0.3, 0.4) is 0 Å². The molecule has 0 aliphatic rings. The summed E-state index contributed by atoms with van der Waals surface area (Å²) in [5.74, 6) is 1.21. The molecule has 0 radical (unpaired) electrons. The molecule has 6 heteroatoms. The molecule has 0 unspecified atom stereocenters. The molecule has 3 heterocycles. The van der Waals surface area contributed by atoms with E-state index in [-0.39, 0.29) is 0 Å². The van der Waals surface area contributed by atoms with Crippen molar-refractivity contribution < 1.29 is 4.74 Å². The Morgan fingerprint density at radius 1 is 0.864 bits per heavy atom. The van der Waals surface area contributed by atoms with Crippen molar-refractivity contribution in [2.24, 2.45) is 0 Å². The molecule has 6 nitrogen and oxygen atoms in total. The first-order valence-corrected chi connectivity index (χ1v) is 6.74. The second-order valence-corrected chi connectivity index (χ2v) is 4.59. The van der Waals surface area contributed by atoms with Crippen molar-refractivity contribution in [3.05, 3.63) is 67.3 Å². The summed E-state index contributed by atoms with van der Waals surface area (Å²) in [6.45, 7) is 0. The SMILES string of the molecule is c1ccc(Oc2cc(-c3ccnc4ccnn34)ncn2)cc1. The predicted octanol–water partition coefficient (Wildman–Crippen LogP) is 2.98. The molecule has 0 saturated carbocycles. The maximum atomic E-state index is 5.74. The van der Waals surface area contributed by atoms with E-state index in [0.29, 0.717) is 5.88 Å². The lowest BCUT2D eigenvalue weighted by Gasteiger charge is -2.07. The highest BCUT2D eigenvalue weighted by Gasteiger charge is 2.08. The normalized spacial score (nSPS) is 10.7. The highest BCUT2D eigenvalue weighted by atomic mass is 16.5. The summed E-state index contributed by atoms with van der Waals surface area (Å²) in [7, 11) is 0. The van der Waals surface area contributed by atoms with Crippen molar-refractivity contribution in [2.75, 3.05) is 0 Å². The molecule has 0 aliphatic carbocycles. The van der Waals surface area contributed by atoms with Crippen LogP contribution in [0.15, 0.2) is 67.3 Å². The Balaban J connectivity index is 1.74. The minimum atomic E-state index is 0.480. The fourth-order valence-corrected chi connectivity index (χ4v) is 2.17. The molecule has 0 bridgehead atoms. The third-order valence-corrected chi connectivity index (χ3v) is 3.16. The van der Waals surface area contributed by atoms with E-state index in [1.807, 2.05) is 42.5 Å². The van der Waals surface area contributed by atoms with E-state index < -0.39 is 0 Å². The molecule has 0 amide bonds. The van der Waals surface area contributed by atoms with Gasteiger partial charge in [-0.15, -0.1) is 0 Å². The maximum absolute atomic E-state index is 5.74. The Labute approximate surface area is 126 Å². The van der Waals surface area contributed by atoms with E-state index >= 15 is 0 Å². The molecule has 22 heavy (non-hydrogen) atoms. The number of ether oxygens (including phenoxy) is 1. The average molecular weight is 289 g/mol. The summed E-state index contributed by atoms with van der Waals surface area (Å²) >= 11 is 0. The van der Waals surface area contributed by atoms with Crippen molar-refractivity contribution in [1.29, 1.82) is 0 Å². The molecule has 4 aromatic rings.